The second kappa shape index (κ2) is 9.60. The molecule has 0 saturated heterocycles. The number of nitrogens with two attached hydrogens (primary N) is 1. The quantitative estimate of drug-likeness (QED) is 0.588. The van der Waals surface area contributed by atoms with Crippen LogP contribution in [-0.4, -0.2) is 40.4 Å². The van der Waals surface area contributed by atoms with Gasteiger partial charge >= 0.3 is 0 Å². The summed E-state index contributed by atoms with van der Waals surface area (Å²) in [7, 11) is 0. The summed E-state index contributed by atoms with van der Waals surface area (Å²) < 4.78 is 25.9. The highest BCUT2D eigenvalue weighted by atomic mass is 19.1. The highest BCUT2D eigenvalue weighted by Crippen LogP contribution is 2.42. The van der Waals surface area contributed by atoms with Crippen molar-refractivity contribution in [2.24, 2.45) is 10.7 Å². The molecule has 0 aliphatic carbocycles. The van der Waals surface area contributed by atoms with E-state index in [0.717, 1.165) is 18.4 Å². The van der Waals surface area contributed by atoms with Gasteiger partial charge in [-0.25, -0.2) is 9.38 Å². The number of fused-ring (bicyclic) bond motifs is 2. The number of ether oxygens (including phenoxy) is 2. The third-order valence-electron chi connectivity index (χ3n) is 7.99. The third-order valence-corrected chi connectivity index (χ3v) is 7.99. The maximum Gasteiger partial charge on any atom is 0.251 e. The predicted octanol–water partition coefficient (Wildman–Crippen LogP) is 4.79. The average molecular weight is 523 g/mol. The van der Waals surface area contributed by atoms with Crippen molar-refractivity contribution in [3.05, 3.63) is 58.9 Å². The molecule has 2 amide bonds. The number of nitrogens with one attached hydrogen (secondary N) is 1. The van der Waals surface area contributed by atoms with Gasteiger partial charge < -0.3 is 20.5 Å². The molecule has 8 nitrogen and oxygen atoms in total. The van der Waals surface area contributed by atoms with E-state index in [9.17, 15) is 14.0 Å². The SMILES string of the molecule is CCC1(CC)CC(=O)N([C@@H]2CCOc3ccc(C(=O)N[C@H]4CC(C)(C)Oc5ccc(F)cc54)cc32)C(N)=N1. The summed E-state index contributed by atoms with van der Waals surface area (Å²) in [4.78, 5) is 33.1. The van der Waals surface area contributed by atoms with Gasteiger partial charge in [0.05, 0.1) is 30.7 Å². The highest BCUT2D eigenvalue weighted by molar-refractivity contribution is 6.00. The van der Waals surface area contributed by atoms with E-state index < -0.39 is 17.2 Å². The van der Waals surface area contributed by atoms with Gasteiger partial charge in [0.2, 0.25) is 5.91 Å². The van der Waals surface area contributed by atoms with Gasteiger partial charge in [-0.1, -0.05) is 13.8 Å². The molecule has 3 aliphatic rings. The lowest BCUT2D eigenvalue weighted by molar-refractivity contribution is -0.132. The second-order valence-electron chi connectivity index (χ2n) is 11.0. The normalized spacial score (nSPS) is 23.3. The van der Waals surface area contributed by atoms with Crippen LogP contribution in [0.3, 0.4) is 0 Å². The van der Waals surface area contributed by atoms with Crippen molar-refractivity contribution >= 4 is 17.8 Å². The number of benzene rings is 2. The zero-order chi connectivity index (χ0) is 27.2. The Hall–Kier alpha value is -3.62. The molecular weight excluding hydrogens is 487 g/mol. The first-order chi connectivity index (χ1) is 18.0. The van der Waals surface area contributed by atoms with Crippen LogP contribution in [0.25, 0.3) is 0 Å². The summed E-state index contributed by atoms with van der Waals surface area (Å²) in [6.45, 7) is 8.33. The van der Waals surface area contributed by atoms with Crippen LogP contribution >= 0.6 is 0 Å². The third kappa shape index (κ3) is 4.70. The minimum absolute atomic E-state index is 0.0722. The van der Waals surface area contributed by atoms with E-state index in [4.69, 9.17) is 20.2 Å². The standard InChI is InChI=1S/C29H35FN4O4/c1-5-29(6-2)16-25(35)34(27(31)33-29)22-11-12-37-23-9-7-17(13-20(22)23)26(36)32-21-15-28(3,4)38-24-10-8-18(30)14-19(21)24/h7-10,13-14,21-22H,5-6,11-12,15-16H2,1-4H3,(H2,31,33)(H,32,36)/t21-,22+/m0/s1. The lowest BCUT2D eigenvalue weighted by Gasteiger charge is -2.41. The molecule has 3 aliphatic heterocycles. The van der Waals surface area contributed by atoms with Crippen molar-refractivity contribution < 1.29 is 23.5 Å². The van der Waals surface area contributed by atoms with Crippen LogP contribution in [0.5, 0.6) is 11.5 Å². The Balaban J connectivity index is 1.44. The molecule has 2 atom stereocenters. The molecule has 3 N–H and O–H groups in total. The van der Waals surface area contributed by atoms with Crippen molar-refractivity contribution in [1.29, 1.82) is 0 Å². The van der Waals surface area contributed by atoms with Crippen molar-refractivity contribution in [3.8, 4) is 11.5 Å². The summed E-state index contributed by atoms with van der Waals surface area (Å²) in [6, 6.07) is 8.75. The number of hydrogen-bond donors (Lipinski definition) is 2. The maximum atomic E-state index is 14.1. The van der Waals surface area contributed by atoms with E-state index >= 15 is 0 Å². The first-order valence-corrected chi connectivity index (χ1v) is 13.3. The van der Waals surface area contributed by atoms with E-state index in [1.54, 1.807) is 29.2 Å². The van der Waals surface area contributed by atoms with Crippen LogP contribution in [0.4, 0.5) is 4.39 Å². The number of hydrogen-bond acceptors (Lipinski definition) is 6. The largest absolute Gasteiger partial charge is 0.493 e. The summed E-state index contributed by atoms with van der Waals surface area (Å²) in [5, 5.41) is 3.06. The molecule has 202 valence electrons. The number of carbonyl (C=O) groups excluding carboxylic acids is 2. The fourth-order valence-corrected chi connectivity index (χ4v) is 5.80. The molecule has 5 rings (SSSR count). The minimum Gasteiger partial charge on any atom is -0.493 e. The zero-order valence-electron chi connectivity index (χ0n) is 22.3. The maximum absolute atomic E-state index is 14.1. The van der Waals surface area contributed by atoms with Crippen LogP contribution in [0.15, 0.2) is 41.4 Å². The summed E-state index contributed by atoms with van der Waals surface area (Å²) in [5.41, 5.74) is 7.12. The molecule has 2 aromatic carbocycles. The van der Waals surface area contributed by atoms with E-state index in [1.807, 2.05) is 27.7 Å². The van der Waals surface area contributed by atoms with Crippen molar-refractivity contribution in [3.63, 3.8) is 0 Å². The van der Waals surface area contributed by atoms with E-state index in [1.165, 1.54) is 12.1 Å². The molecule has 2 aromatic rings. The van der Waals surface area contributed by atoms with Crippen molar-refractivity contribution in [2.45, 2.75) is 83.0 Å². The molecule has 0 radical (unpaired) electrons. The number of guanidine groups is 1. The van der Waals surface area contributed by atoms with Gasteiger partial charge in [-0.15, -0.1) is 0 Å². The molecule has 3 heterocycles. The Bertz CT molecular complexity index is 1300. The number of aliphatic imine (C=N–C) groups is 1. The monoisotopic (exact) mass is 522 g/mol. The first-order valence-electron chi connectivity index (χ1n) is 13.3. The van der Waals surface area contributed by atoms with E-state index in [2.05, 4.69) is 5.32 Å². The Morgan fingerprint density at radius 3 is 2.61 bits per heavy atom. The topological polar surface area (TPSA) is 106 Å². The Morgan fingerprint density at radius 2 is 1.89 bits per heavy atom. The van der Waals surface area contributed by atoms with Crippen molar-refractivity contribution in [1.82, 2.24) is 10.2 Å². The molecule has 9 heteroatoms. The van der Waals surface area contributed by atoms with E-state index in [-0.39, 0.29) is 29.6 Å². The van der Waals surface area contributed by atoms with Crippen LogP contribution in [-0.2, 0) is 4.79 Å². The lowest BCUT2D eigenvalue weighted by atomic mass is 9.86. The fraction of sp³-hybridized carbons (Fsp3) is 0.483. The molecule has 38 heavy (non-hydrogen) atoms. The Kier molecular flexibility index (Phi) is 6.57. The molecule has 0 spiro atoms. The van der Waals surface area contributed by atoms with Gasteiger partial charge in [0.1, 0.15) is 22.9 Å². The number of halogens is 1. The second-order valence-corrected chi connectivity index (χ2v) is 11.0. The number of rotatable bonds is 5. The van der Waals surface area contributed by atoms with Gasteiger partial charge in [0, 0.05) is 29.5 Å². The summed E-state index contributed by atoms with van der Waals surface area (Å²) in [5.74, 6) is 0.609. The number of nitrogens with zero attached hydrogens (tertiary/aromatic N) is 2. The molecule has 0 saturated carbocycles. The predicted molar refractivity (Wildman–Crippen MR) is 142 cm³/mol. The molecule has 0 aromatic heterocycles. The smallest absolute Gasteiger partial charge is 0.251 e. The highest BCUT2D eigenvalue weighted by Gasteiger charge is 2.42. The average Bonchev–Trinajstić information content (AvgIpc) is 2.88. The van der Waals surface area contributed by atoms with Crippen LogP contribution in [0, 0.1) is 5.82 Å². The van der Waals surface area contributed by atoms with Crippen LogP contribution in [0.2, 0.25) is 0 Å². The van der Waals surface area contributed by atoms with Crippen molar-refractivity contribution in [2.75, 3.05) is 6.61 Å². The van der Waals surface area contributed by atoms with Gasteiger partial charge in [-0.2, -0.15) is 0 Å². The molecular formula is C29H35FN4O4. The minimum atomic E-state index is -0.532. The Morgan fingerprint density at radius 1 is 1.16 bits per heavy atom. The first kappa shape index (κ1) is 26.0. The van der Waals surface area contributed by atoms with E-state index in [0.29, 0.717) is 48.5 Å². The molecule has 0 fully saturated rings. The number of amides is 2. The summed E-state index contributed by atoms with van der Waals surface area (Å²) in [6.07, 6.45) is 2.77. The fourth-order valence-electron chi connectivity index (χ4n) is 5.80. The van der Waals surface area contributed by atoms with Gasteiger partial charge in [0.25, 0.3) is 5.91 Å². The lowest BCUT2D eigenvalue weighted by Crippen LogP contribution is -2.53. The molecule has 0 bridgehead atoms. The zero-order valence-corrected chi connectivity index (χ0v) is 22.3. The van der Waals surface area contributed by atoms with Gasteiger partial charge in [-0.3, -0.25) is 14.5 Å². The van der Waals surface area contributed by atoms with Gasteiger partial charge in [-0.05, 0) is 63.1 Å². The van der Waals surface area contributed by atoms with Gasteiger partial charge in [0.15, 0.2) is 5.96 Å². The summed E-state index contributed by atoms with van der Waals surface area (Å²) >= 11 is 0. The number of carbonyl (C=O) groups is 2. The van der Waals surface area contributed by atoms with Crippen LogP contribution < -0.4 is 20.5 Å². The molecule has 0 unspecified atom stereocenters. The Labute approximate surface area is 222 Å². The van der Waals surface area contributed by atoms with Crippen LogP contribution in [0.1, 0.15) is 93.4 Å².